The SMILES string of the molecule is CCNC(=O)NC(=O)[C@H](OC(=O)c1cc(Cl)nc2ccccc12)c1ccccc1. The quantitative estimate of drug-likeness (QED) is 0.493. The van der Waals surface area contributed by atoms with Crippen molar-refractivity contribution in [2.24, 2.45) is 0 Å². The molecule has 0 fully saturated rings. The van der Waals surface area contributed by atoms with Crippen molar-refractivity contribution in [1.82, 2.24) is 15.6 Å². The number of nitrogens with zero attached hydrogens (tertiary/aromatic N) is 1. The van der Waals surface area contributed by atoms with Crippen LogP contribution in [0.5, 0.6) is 0 Å². The number of rotatable bonds is 5. The number of nitrogens with one attached hydrogen (secondary N) is 2. The van der Waals surface area contributed by atoms with Gasteiger partial charge in [0.25, 0.3) is 5.91 Å². The van der Waals surface area contributed by atoms with Gasteiger partial charge in [-0.1, -0.05) is 60.1 Å². The Hall–Kier alpha value is -3.45. The molecule has 0 unspecified atom stereocenters. The van der Waals surface area contributed by atoms with Gasteiger partial charge in [-0.15, -0.1) is 0 Å². The molecular weight excluding hydrogens is 394 g/mol. The number of imide groups is 1. The number of pyridine rings is 1. The standard InChI is InChI=1S/C21H18ClN3O4/c1-2-23-21(28)25-19(26)18(13-8-4-3-5-9-13)29-20(27)15-12-17(22)24-16-11-7-6-10-14(15)16/h3-12,18H,2H2,1H3,(H2,23,25,26,28)/t18-/m1/s1. The number of ether oxygens (including phenoxy) is 1. The maximum Gasteiger partial charge on any atom is 0.340 e. The van der Waals surface area contributed by atoms with Gasteiger partial charge in [0.15, 0.2) is 0 Å². The first-order chi connectivity index (χ1) is 14.0. The molecule has 1 atom stereocenters. The molecule has 1 aromatic heterocycles. The monoisotopic (exact) mass is 411 g/mol. The van der Waals surface area contributed by atoms with Gasteiger partial charge in [-0.2, -0.15) is 0 Å². The molecule has 1 heterocycles. The molecular formula is C21H18ClN3O4. The Morgan fingerprint density at radius 1 is 1.07 bits per heavy atom. The van der Waals surface area contributed by atoms with Crippen LogP contribution in [-0.2, 0) is 9.53 Å². The highest BCUT2D eigenvalue weighted by molar-refractivity contribution is 6.30. The van der Waals surface area contributed by atoms with Crippen LogP contribution in [0.25, 0.3) is 10.9 Å². The van der Waals surface area contributed by atoms with Crippen molar-refractivity contribution in [3.05, 3.63) is 76.9 Å². The third-order valence-corrected chi connectivity index (χ3v) is 4.24. The predicted octanol–water partition coefficient (Wildman–Crippen LogP) is 3.63. The summed E-state index contributed by atoms with van der Waals surface area (Å²) >= 11 is 6.04. The van der Waals surface area contributed by atoms with E-state index in [0.29, 0.717) is 23.0 Å². The number of amides is 3. The van der Waals surface area contributed by atoms with Crippen molar-refractivity contribution >= 4 is 40.4 Å². The van der Waals surface area contributed by atoms with Crippen LogP contribution >= 0.6 is 11.6 Å². The van der Waals surface area contributed by atoms with Gasteiger partial charge in [0, 0.05) is 17.5 Å². The molecule has 0 saturated carbocycles. The summed E-state index contributed by atoms with van der Waals surface area (Å²) < 4.78 is 5.51. The van der Waals surface area contributed by atoms with E-state index in [4.69, 9.17) is 16.3 Å². The van der Waals surface area contributed by atoms with Gasteiger partial charge in [-0.05, 0) is 19.1 Å². The normalized spacial score (nSPS) is 11.5. The molecule has 3 rings (SSSR count). The van der Waals surface area contributed by atoms with Gasteiger partial charge in [-0.3, -0.25) is 10.1 Å². The van der Waals surface area contributed by atoms with Crippen LogP contribution in [0, 0.1) is 0 Å². The van der Waals surface area contributed by atoms with Crippen molar-refractivity contribution in [2.45, 2.75) is 13.0 Å². The summed E-state index contributed by atoms with van der Waals surface area (Å²) in [6, 6.07) is 16.1. The van der Waals surface area contributed by atoms with E-state index in [1.54, 1.807) is 61.5 Å². The minimum Gasteiger partial charge on any atom is -0.444 e. The van der Waals surface area contributed by atoms with Crippen LogP contribution in [-0.4, -0.2) is 29.4 Å². The van der Waals surface area contributed by atoms with Gasteiger partial charge in [0.05, 0.1) is 11.1 Å². The number of esters is 1. The van der Waals surface area contributed by atoms with E-state index < -0.39 is 24.0 Å². The van der Waals surface area contributed by atoms with E-state index in [-0.39, 0.29) is 10.7 Å². The van der Waals surface area contributed by atoms with E-state index in [2.05, 4.69) is 15.6 Å². The number of carbonyl (C=O) groups is 3. The van der Waals surface area contributed by atoms with E-state index in [1.165, 1.54) is 6.07 Å². The number of carbonyl (C=O) groups excluding carboxylic acids is 3. The van der Waals surface area contributed by atoms with Gasteiger partial charge in [0.1, 0.15) is 5.15 Å². The van der Waals surface area contributed by atoms with Gasteiger partial charge in [0.2, 0.25) is 6.10 Å². The highest BCUT2D eigenvalue weighted by atomic mass is 35.5. The number of benzene rings is 2. The summed E-state index contributed by atoms with van der Waals surface area (Å²) in [6.45, 7) is 2.06. The molecule has 148 valence electrons. The third-order valence-electron chi connectivity index (χ3n) is 4.04. The van der Waals surface area contributed by atoms with Crippen molar-refractivity contribution in [2.75, 3.05) is 6.54 Å². The summed E-state index contributed by atoms with van der Waals surface area (Å²) in [7, 11) is 0. The fraction of sp³-hybridized carbons (Fsp3) is 0.143. The van der Waals surface area contributed by atoms with E-state index in [0.717, 1.165) is 0 Å². The molecule has 29 heavy (non-hydrogen) atoms. The Morgan fingerprint density at radius 3 is 2.48 bits per heavy atom. The predicted molar refractivity (Wildman–Crippen MR) is 109 cm³/mol. The molecule has 0 aliphatic rings. The van der Waals surface area contributed by atoms with Crippen molar-refractivity contribution < 1.29 is 19.1 Å². The number of fused-ring (bicyclic) bond motifs is 1. The second kappa shape index (κ2) is 9.16. The molecule has 0 radical (unpaired) electrons. The number of para-hydroxylation sites is 1. The molecule has 3 aromatic rings. The largest absolute Gasteiger partial charge is 0.444 e. The molecule has 0 aliphatic heterocycles. The number of urea groups is 1. The second-order valence-electron chi connectivity index (χ2n) is 6.05. The molecule has 0 saturated heterocycles. The van der Waals surface area contributed by atoms with Crippen LogP contribution < -0.4 is 10.6 Å². The molecule has 7 nitrogen and oxygen atoms in total. The lowest BCUT2D eigenvalue weighted by molar-refractivity contribution is -0.129. The Balaban J connectivity index is 1.93. The summed E-state index contributed by atoms with van der Waals surface area (Å²) in [6.07, 6.45) is -1.32. The van der Waals surface area contributed by atoms with Gasteiger partial charge in [-0.25, -0.2) is 14.6 Å². The highest BCUT2D eigenvalue weighted by Crippen LogP contribution is 2.25. The lowest BCUT2D eigenvalue weighted by Gasteiger charge is -2.18. The van der Waals surface area contributed by atoms with E-state index in [9.17, 15) is 14.4 Å². The fourth-order valence-corrected chi connectivity index (χ4v) is 2.97. The number of hydrogen-bond acceptors (Lipinski definition) is 5. The van der Waals surface area contributed by atoms with E-state index in [1.807, 2.05) is 0 Å². The lowest BCUT2D eigenvalue weighted by atomic mass is 10.1. The molecule has 0 aliphatic carbocycles. The number of hydrogen-bond donors (Lipinski definition) is 2. The van der Waals surface area contributed by atoms with Gasteiger partial charge < -0.3 is 10.1 Å². The average molecular weight is 412 g/mol. The van der Waals surface area contributed by atoms with Crippen molar-refractivity contribution in [3.63, 3.8) is 0 Å². The molecule has 0 bridgehead atoms. The molecule has 0 spiro atoms. The second-order valence-corrected chi connectivity index (χ2v) is 6.44. The number of halogens is 1. The lowest BCUT2D eigenvalue weighted by Crippen LogP contribution is -2.42. The summed E-state index contributed by atoms with van der Waals surface area (Å²) in [5, 5.41) is 5.31. The molecule has 8 heteroatoms. The maximum absolute atomic E-state index is 12.9. The van der Waals surface area contributed by atoms with Crippen LogP contribution in [0.15, 0.2) is 60.7 Å². The first kappa shape index (κ1) is 20.3. The summed E-state index contributed by atoms with van der Waals surface area (Å²) in [5.41, 5.74) is 1.12. The van der Waals surface area contributed by atoms with E-state index >= 15 is 0 Å². The molecule has 2 N–H and O–H groups in total. The topological polar surface area (TPSA) is 97.4 Å². The van der Waals surface area contributed by atoms with Crippen LogP contribution in [0.4, 0.5) is 4.79 Å². The zero-order valence-electron chi connectivity index (χ0n) is 15.5. The average Bonchev–Trinajstić information content (AvgIpc) is 2.71. The minimum atomic E-state index is -1.32. The van der Waals surface area contributed by atoms with Gasteiger partial charge >= 0.3 is 12.0 Å². The zero-order chi connectivity index (χ0) is 20.8. The van der Waals surface area contributed by atoms with Crippen LogP contribution in [0.3, 0.4) is 0 Å². The summed E-state index contributed by atoms with van der Waals surface area (Å²) in [4.78, 5) is 41.5. The third kappa shape index (κ3) is 4.89. The Labute approximate surface area is 172 Å². The summed E-state index contributed by atoms with van der Waals surface area (Å²) in [5.74, 6) is -1.52. The highest BCUT2D eigenvalue weighted by Gasteiger charge is 2.28. The molecule has 3 amide bonds. The Kier molecular flexibility index (Phi) is 6.41. The van der Waals surface area contributed by atoms with Crippen LogP contribution in [0.2, 0.25) is 5.15 Å². The van der Waals surface area contributed by atoms with Crippen molar-refractivity contribution in [3.8, 4) is 0 Å². The Bertz CT molecular complexity index is 1060. The minimum absolute atomic E-state index is 0.124. The molecule has 2 aromatic carbocycles. The number of aromatic nitrogens is 1. The first-order valence-corrected chi connectivity index (χ1v) is 9.27. The van der Waals surface area contributed by atoms with Crippen molar-refractivity contribution in [1.29, 1.82) is 0 Å². The Morgan fingerprint density at radius 2 is 1.76 bits per heavy atom. The maximum atomic E-state index is 12.9. The smallest absolute Gasteiger partial charge is 0.340 e. The first-order valence-electron chi connectivity index (χ1n) is 8.89. The fourth-order valence-electron chi connectivity index (χ4n) is 2.77. The zero-order valence-corrected chi connectivity index (χ0v) is 16.3. The van der Waals surface area contributed by atoms with Crippen LogP contribution in [0.1, 0.15) is 28.9 Å².